The van der Waals surface area contributed by atoms with Crippen LogP contribution in [0.15, 0.2) is 18.2 Å². The van der Waals surface area contributed by atoms with Crippen LogP contribution in [0.5, 0.6) is 5.75 Å². The Labute approximate surface area is 123 Å². The molecule has 0 aromatic heterocycles. The van der Waals surface area contributed by atoms with Gasteiger partial charge in [-0.2, -0.15) is 0 Å². The van der Waals surface area contributed by atoms with E-state index in [2.05, 4.69) is 10.6 Å². The van der Waals surface area contributed by atoms with Gasteiger partial charge in [0.2, 0.25) is 0 Å². The number of phenols is 1. The van der Waals surface area contributed by atoms with Crippen molar-refractivity contribution in [3.63, 3.8) is 0 Å². The molecule has 1 saturated carbocycles. The highest BCUT2D eigenvalue weighted by atomic mass is 19.1. The number of carbonyl (C=O) groups is 1. The monoisotopic (exact) mass is 296 g/mol. The number of ether oxygens (including phenoxy) is 1. The second-order valence-corrected chi connectivity index (χ2v) is 6.26. The van der Waals surface area contributed by atoms with E-state index in [-0.39, 0.29) is 17.8 Å². The zero-order valence-corrected chi connectivity index (χ0v) is 12.4. The van der Waals surface area contributed by atoms with Crippen molar-refractivity contribution in [1.82, 2.24) is 10.6 Å². The van der Waals surface area contributed by atoms with Gasteiger partial charge in [0.15, 0.2) is 11.6 Å². The molecule has 0 radical (unpaired) electrons. The fourth-order valence-electron chi connectivity index (χ4n) is 1.95. The maximum Gasteiger partial charge on any atom is 0.407 e. The predicted octanol–water partition coefficient (Wildman–Crippen LogP) is 2.29. The normalized spacial score (nSPS) is 21.0. The van der Waals surface area contributed by atoms with Crippen molar-refractivity contribution in [2.24, 2.45) is 0 Å². The molecule has 1 aliphatic carbocycles. The van der Waals surface area contributed by atoms with Gasteiger partial charge >= 0.3 is 6.09 Å². The lowest BCUT2D eigenvalue weighted by atomic mass is 10.2. The summed E-state index contributed by atoms with van der Waals surface area (Å²) in [6, 6.07) is 4.48. The average molecular weight is 296 g/mol. The maximum absolute atomic E-state index is 13.2. The van der Waals surface area contributed by atoms with Gasteiger partial charge in [0.25, 0.3) is 0 Å². The molecular weight excluding hydrogens is 275 g/mol. The highest BCUT2D eigenvalue weighted by Gasteiger charge is 2.38. The number of amides is 1. The molecule has 116 valence electrons. The Morgan fingerprint density at radius 3 is 2.76 bits per heavy atom. The van der Waals surface area contributed by atoms with Crippen LogP contribution in [0, 0.1) is 5.82 Å². The molecule has 6 heteroatoms. The highest BCUT2D eigenvalue weighted by Crippen LogP contribution is 2.23. The zero-order chi connectivity index (χ0) is 15.6. The summed E-state index contributed by atoms with van der Waals surface area (Å²) in [5.41, 5.74) is 0.235. The number of hydrogen-bond donors (Lipinski definition) is 3. The van der Waals surface area contributed by atoms with E-state index in [9.17, 15) is 9.18 Å². The van der Waals surface area contributed by atoms with Gasteiger partial charge in [-0.15, -0.1) is 0 Å². The second-order valence-electron chi connectivity index (χ2n) is 6.26. The molecule has 1 aliphatic rings. The van der Waals surface area contributed by atoms with E-state index in [1.165, 1.54) is 12.1 Å². The molecule has 1 fully saturated rings. The van der Waals surface area contributed by atoms with Gasteiger partial charge in [0.1, 0.15) is 5.60 Å². The first kappa shape index (κ1) is 15.6. The molecule has 0 heterocycles. The summed E-state index contributed by atoms with van der Waals surface area (Å²) in [4.78, 5) is 11.6. The van der Waals surface area contributed by atoms with Crippen LogP contribution in [0.1, 0.15) is 32.8 Å². The zero-order valence-electron chi connectivity index (χ0n) is 12.4. The molecule has 0 aliphatic heterocycles. The number of benzene rings is 1. The molecule has 21 heavy (non-hydrogen) atoms. The average Bonchev–Trinajstić information content (AvgIpc) is 3.06. The fraction of sp³-hybridized carbons (Fsp3) is 0.533. The van der Waals surface area contributed by atoms with E-state index in [4.69, 9.17) is 9.84 Å². The maximum atomic E-state index is 13.2. The Morgan fingerprint density at radius 2 is 2.14 bits per heavy atom. The largest absolute Gasteiger partial charge is 0.505 e. The van der Waals surface area contributed by atoms with Gasteiger partial charge in [0, 0.05) is 18.6 Å². The Bertz CT molecular complexity index is 528. The van der Waals surface area contributed by atoms with Crippen LogP contribution >= 0.6 is 0 Å². The van der Waals surface area contributed by atoms with Gasteiger partial charge in [-0.3, -0.25) is 0 Å². The molecule has 5 nitrogen and oxygen atoms in total. The number of nitrogens with one attached hydrogen (secondary N) is 2. The van der Waals surface area contributed by atoms with Crippen molar-refractivity contribution in [3.05, 3.63) is 29.6 Å². The molecular formula is C15H21FN2O3. The van der Waals surface area contributed by atoms with Crippen molar-refractivity contribution in [2.45, 2.75) is 51.4 Å². The Morgan fingerprint density at radius 1 is 1.43 bits per heavy atom. The first-order valence-corrected chi connectivity index (χ1v) is 6.95. The fourth-order valence-corrected chi connectivity index (χ4v) is 1.95. The third-order valence-electron chi connectivity index (χ3n) is 3.07. The summed E-state index contributed by atoms with van der Waals surface area (Å²) in [5, 5.41) is 15.1. The van der Waals surface area contributed by atoms with E-state index in [1.807, 2.05) is 20.8 Å². The van der Waals surface area contributed by atoms with Gasteiger partial charge in [-0.1, -0.05) is 6.07 Å². The van der Waals surface area contributed by atoms with Crippen LogP contribution in [-0.2, 0) is 11.3 Å². The van der Waals surface area contributed by atoms with Crippen molar-refractivity contribution in [2.75, 3.05) is 0 Å². The molecule has 2 unspecified atom stereocenters. The topological polar surface area (TPSA) is 70.6 Å². The second kappa shape index (κ2) is 5.89. The van der Waals surface area contributed by atoms with E-state index < -0.39 is 17.5 Å². The highest BCUT2D eigenvalue weighted by molar-refractivity contribution is 5.68. The Hall–Kier alpha value is -1.82. The molecule has 1 amide bonds. The SMILES string of the molecule is CC(C)(C)OC(=O)NC1CC1NCc1ccc(O)c(F)c1. The summed E-state index contributed by atoms with van der Waals surface area (Å²) in [6.07, 6.45) is 0.396. The van der Waals surface area contributed by atoms with E-state index >= 15 is 0 Å². The minimum absolute atomic E-state index is 0.0433. The van der Waals surface area contributed by atoms with E-state index in [0.717, 1.165) is 12.0 Å². The van der Waals surface area contributed by atoms with Crippen molar-refractivity contribution in [3.8, 4) is 5.75 Å². The number of phenolic OH excluding ortho intramolecular Hbond substituents is 1. The Balaban J connectivity index is 1.72. The first-order valence-electron chi connectivity index (χ1n) is 6.95. The molecule has 0 bridgehead atoms. The van der Waals surface area contributed by atoms with Crippen LogP contribution in [0.2, 0.25) is 0 Å². The summed E-state index contributed by atoms with van der Waals surface area (Å²) < 4.78 is 18.3. The molecule has 3 N–H and O–H groups in total. The van der Waals surface area contributed by atoms with Gasteiger partial charge in [0.05, 0.1) is 0 Å². The molecule has 0 spiro atoms. The first-order chi connectivity index (χ1) is 9.74. The molecule has 2 rings (SSSR count). The molecule has 1 aromatic rings. The lowest BCUT2D eigenvalue weighted by Crippen LogP contribution is -2.36. The number of hydrogen-bond acceptors (Lipinski definition) is 4. The molecule has 1 aromatic carbocycles. The minimum Gasteiger partial charge on any atom is -0.505 e. The summed E-state index contributed by atoms with van der Waals surface area (Å²) in [7, 11) is 0. The van der Waals surface area contributed by atoms with Gasteiger partial charge in [-0.05, 0) is 44.9 Å². The van der Waals surface area contributed by atoms with Crippen LogP contribution in [-0.4, -0.2) is 28.9 Å². The number of aromatic hydroxyl groups is 1. The van der Waals surface area contributed by atoms with Crippen LogP contribution < -0.4 is 10.6 Å². The summed E-state index contributed by atoms with van der Waals surface area (Å²) >= 11 is 0. The van der Waals surface area contributed by atoms with Crippen molar-refractivity contribution in [1.29, 1.82) is 0 Å². The van der Waals surface area contributed by atoms with Gasteiger partial charge in [-0.25, -0.2) is 9.18 Å². The number of alkyl carbamates (subject to hydrolysis) is 1. The van der Waals surface area contributed by atoms with E-state index in [1.54, 1.807) is 6.07 Å². The van der Waals surface area contributed by atoms with Crippen LogP contribution in [0.4, 0.5) is 9.18 Å². The van der Waals surface area contributed by atoms with Crippen LogP contribution in [0.3, 0.4) is 0 Å². The number of rotatable bonds is 4. The predicted molar refractivity (Wildman–Crippen MR) is 76.5 cm³/mol. The van der Waals surface area contributed by atoms with Crippen molar-refractivity contribution >= 4 is 6.09 Å². The smallest absolute Gasteiger partial charge is 0.407 e. The van der Waals surface area contributed by atoms with Gasteiger partial charge < -0.3 is 20.5 Å². The number of halogens is 1. The molecule has 0 saturated heterocycles. The van der Waals surface area contributed by atoms with Crippen molar-refractivity contribution < 1.29 is 19.0 Å². The Kier molecular flexibility index (Phi) is 4.37. The summed E-state index contributed by atoms with van der Waals surface area (Å²) in [5.74, 6) is -0.983. The third-order valence-corrected chi connectivity index (χ3v) is 3.07. The third kappa shape index (κ3) is 4.90. The van der Waals surface area contributed by atoms with E-state index in [0.29, 0.717) is 6.54 Å². The quantitative estimate of drug-likeness (QED) is 0.797. The standard InChI is InChI=1S/C15H21FN2O3/c1-15(2,3)21-14(20)18-12-7-11(12)17-8-9-4-5-13(19)10(16)6-9/h4-6,11-12,17,19H,7-8H2,1-3H3,(H,18,20). The lowest BCUT2D eigenvalue weighted by molar-refractivity contribution is 0.0522. The number of carbonyl (C=O) groups excluding carboxylic acids is 1. The lowest BCUT2D eigenvalue weighted by Gasteiger charge is -2.19. The van der Waals surface area contributed by atoms with Crippen LogP contribution in [0.25, 0.3) is 0 Å². The summed E-state index contributed by atoms with van der Waals surface area (Å²) in [6.45, 7) is 5.92. The molecule has 2 atom stereocenters. The minimum atomic E-state index is -0.631.